The third kappa shape index (κ3) is 4.39. The molecule has 8 nitrogen and oxygen atoms in total. The molecule has 4 rings (SSSR count). The van der Waals surface area contributed by atoms with Crippen molar-refractivity contribution in [2.45, 2.75) is 38.6 Å². The number of ether oxygens (including phenoxy) is 1. The summed E-state index contributed by atoms with van der Waals surface area (Å²) in [6, 6.07) is 13.9. The molecule has 2 aromatic carbocycles. The number of amides is 2. The molecule has 37 heavy (non-hydrogen) atoms. The van der Waals surface area contributed by atoms with Crippen LogP contribution in [0.3, 0.4) is 0 Å². The largest absolute Gasteiger partial charge is 0.507 e. The Hall–Kier alpha value is -3.65. The molecule has 1 atom stereocenters. The summed E-state index contributed by atoms with van der Waals surface area (Å²) in [5.41, 5.74) is -0.340. The molecule has 2 aromatic rings. The van der Waals surface area contributed by atoms with Crippen LogP contribution < -0.4 is 9.64 Å². The molecule has 0 aliphatic carbocycles. The van der Waals surface area contributed by atoms with Gasteiger partial charge in [0.05, 0.1) is 17.9 Å². The fraction of sp³-hybridized carbons (Fsp3) is 0.414. The van der Waals surface area contributed by atoms with Crippen LogP contribution in [0.2, 0.25) is 0 Å². The first kappa shape index (κ1) is 26.4. The molecule has 2 heterocycles. The van der Waals surface area contributed by atoms with Crippen molar-refractivity contribution < 1.29 is 24.2 Å². The number of rotatable bonds is 10. The first-order valence-electron chi connectivity index (χ1n) is 12.9. The molecule has 2 aliphatic heterocycles. The molecule has 1 N–H and O–H groups in total. The number of carbonyl (C=O) groups is 3. The zero-order valence-corrected chi connectivity index (χ0v) is 22.0. The van der Waals surface area contributed by atoms with Gasteiger partial charge in [-0.05, 0) is 70.7 Å². The highest BCUT2D eigenvalue weighted by molar-refractivity contribution is 6.50. The number of unbranched alkanes of at least 4 members (excludes halogenated alkanes) is 1. The first-order valence-corrected chi connectivity index (χ1v) is 12.9. The van der Waals surface area contributed by atoms with E-state index in [-0.39, 0.29) is 23.8 Å². The SMILES string of the molecule is CCCCN1C(=O)C2(/C(=C(/O)c3ccc(OCC)cc3)C(=O)C(=O)N2CCCN(C)C)c2ccccc21. The number of para-hydroxylation sites is 1. The lowest BCUT2D eigenvalue weighted by molar-refractivity contribution is -0.143. The molecule has 2 amide bonds. The van der Waals surface area contributed by atoms with Crippen LogP contribution in [-0.4, -0.2) is 72.8 Å². The van der Waals surface area contributed by atoms with Gasteiger partial charge in [-0.1, -0.05) is 31.5 Å². The van der Waals surface area contributed by atoms with Crippen LogP contribution >= 0.6 is 0 Å². The summed E-state index contributed by atoms with van der Waals surface area (Å²) >= 11 is 0. The minimum Gasteiger partial charge on any atom is -0.507 e. The normalized spacial score (nSPS) is 20.4. The average Bonchev–Trinajstić information content (AvgIpc) is 3.26. The van der Waals surface area contributed by atoms with Gasteiger partial charge in [-0.15, -0.1) is 0 Å². The molecule has 0 aromatic heterocycles. The van der Waals surface area contributed by atoms with E-state index in [1.807, 2.05) is 45.0 Å². The highest BCUT2D eigenvalue weighted by atomic mass is 16.5. The van der Waals surface area contributed by atoms with Crippen molar-refractivity contribution in [2.75, 3.05) is 45.2 Å². The standard InChI is InChI=1S/C29H35N3O5/c1-5-7-18-31-23-12-9-8-11-22(23)29(28(31)36)24(25(33)20-13-15-21(16-14-20)37-6-2)26(34)27(35)32(29)19-10-17-30(3)4/h8-9,11-16,33H,5-7,10,17-19H2,1-4H3/b25-24+. The Balaban J connectivity index is 1.94. The maximum Gasteiger partial charge on any atom is 0.296 e. The summed E-state index contributed by atoms with van der Waals surface area (Å²) in [4.78, 5) is 46.6. The lowest BCUT2D eigenvalue weighted by Gasteiger charge is -2.34. The minimum absolute atomic E-state index is 0.178. The lowest BCUT2D eigenvalue weighted by Crippen LogP contribution is -2.52. The van der Waals surface area contributed by atoms with Gasteiger partial charge in [0, 0.05) is 24.2 Å². The van der Waals surface area contributed by atoms with Gasteiger partial charge >= 0.3 is 0 Å². The minimum atomic E-state index is -1.71. The zero-order chi connectivity index (χ0) is 26.7. The number of Topliss-reactive ketones (excluding diaryl/α,β-unsaturated/α-hetero) is 1. The average molecular weight is 506 g/mol. The topological polar surface area (TPSA) is 90.4 Å². The third-order valence-corrected chi connectivity index (χ3v) is 6.97. The lowest BCUT2D eigenvalue weighted by atomic mass is 9.82. The molecular formula is C29H35N3O5. The number of benzene rings is 2. The molecule has 2 aliphatic rings. The summed E-state index contributed by atoms with van der Waals surface area (Å²) < 4.78 is 5.50. The number of nitrogens with zero attached hydrogens (tertiary/aromatic N) is 3. The Kier molecular flexibility index (Phi) is 7.68. The van der Waals surface area contributed by atoms with Crippen LogP contribution in [0.1, 0.15) is 44.2 Å². The third-order valence-electron chi connectivity index (χ3n) is 6.97. The second-order valence-corrected chi connectivity index (χ2v) is 9.66. The Bertz CT molecular complexity index is 1220. The fourth-order valence-corrected chi connectivity index (χ4v) is 5.27. The second kappa shape index (κ2) is 10.8. The van der Waals surface area contributed by atoms with Gasteiger partial charge in [0.25, 0.3) is 17.6 Å². The van der Waals surface area contributed by atoms with Gasteiger partial charge in [-0.2, -0.15) is 0 Å². The number of fused-ring (bicyclic) bond motifs is 2. The van der Waals surface area contributed by atoms with Crippen molar-refractivity contribution in [3.05, 3.63) is 65.2 Å². The first-order chi connectivity index (χ1) is 17.8. The van der Waals surface area contributed by atoms with Crippen LogP contribution in [0, 0.1) is 0 Å². The molecule has 196 valence electrons. The quantitative estimate of drug-likeness (QED) is 0.300. The van der Waals surface area contributed by atoms with Crippen LogP contribution in [0.25, 0.3) is 5.76 Å². The molecule has 1 saturated heterocycles. The molecule has 0 bridgehead atoms. The molecule has 0 saturated carbocycles. The number of aliphatic hydroxyl groups is 1. The van der Waals surface area contributed by atoms with Gasteiger partial charge in [-0.3, -0.25) is 14.4 Å². The summed E-state index contributed by atoms with van der Waals surface area (Å²) in [5.74, 6) is -1.75. The maximum atomic E-state index is 14.4. The molecule has 0 radical (unpaired) electrons. The Labute approximate surface area is 218 Å². The zero-order valence-electron chi connectivity index (χ0n) is 22.0. The number of ketones is 1. The summed E-state index contributed by atoms with van der Waals surface area (Å²) in [6.45, 7) is 5.74. The van der Waals surface area contributed by atoms with E-state index >= 15 is 0 Å². The Morgan fingerprint density at radius 2 is 1.68 bits per heavy atom. The number of hydrogen-bond donors (Lipinski definition) is 1. The van der Waals surface area contributed by atoms with Gasteiger partial charge < -0.3 is 24.5 Å². The number of aliphatic hydroxyl groups excluding tert-OH is 1. The van der Waals surface area contributed by atoms with Crippen LogP contribution in [0.4, 0.5) is 5.69 Å². The van der Waals surface area contributed by atoms with E-state index in [4.69, 9.17) is 4.74 Å². The van der Waals surface area contributed by atoms with Gasteiger partial charge in [-0.25, -0.2) is 0 Å². The second-order valence-electron chi connectivity index (χ2n) is 9.66. The van der Waals surface area contributed by atoms with Crippen molar-refractivity contribution in [3.63, 3.8) is 0 Å². The molecule has 8 heteroatoms. The molecule has 1 unspecified atom stereocenters. The van der Waals surface area contributed by atoms with Crippen molar-refractivity contribution in [1.29, 1.82) is 0 Å². The maximum absolute atomic E-state index is 14.4. The summed E-state index contributed by atoms with van der Waals surface area (Å²) in [5, 5.41) is 11.6. The van der Waals surface area contributed by atoms with E-state index in [9.17, 15) is 19.5 Å². The van der Waals surface area contributed by atoms with E-state index in [0.29, 0.717) is 48.7 Å². The summed E-state index contributed by atoms with van der Waals surface area (Å²) in [6.07, 6.45) is 2.21. The smallest absolute Gasteiger partial charge is 0.296 e. The highest BCUT2D eigenvalue weighted by Crippen LogP contribution is 2.53. The van der Waals surface area contributed by atoms with E-state index in [0.717, 1.165) is 12.8 Å². The predicted octanol–water partition coefficient (Wildman–Crippen LogP) is 3.76. The fourth-order valence-electron chi connectivity index (χ4n) is 5.27. The van der Waals surface area contributed by atoms with Gasteiger partial charge in [0.15, 0.2) is 5.54 Å². The van der Waals surface area contributed by atoms with Crippen molar-refractivity contribution in [2.24, 2.45) is 0 Å². The van der Waals surface area contributed by atoms with E-state index < -0.39 is 17.2 Å². The Morgan fingerprint density at radius 1 is 0.973 bits per heavy atom. The Morgan fingerprint density at radius 3 is 2.32 bits per heavy atom. The predicted molar refractivity (Wildman–Crippen MR) is 142 cm³/mol. The van der Waals surface area contributed by atoms with Crippen LogP contribution in [-0.2, 0) is 19.9 Å². The van der Waals surface area contributed by atoms with Gasteiger partial charge in [0.1, 0.15) is 11.5 Å². The summed E-state index contributed by atoms with van der Waals surface area (Å²) in [7, 11) is 3.86. The van der Waals surface area contributed by atoms with Gasteiger partial charge in [0.2, 0.25) is 0 Å². The van der Waals surface area contributed by atoms with Crippen molar-refractivity contribution in [1.82, 2.24) is 9.80 Å². The molecule has 1 spiro atoms. The number of carbonyl (C=O) groups excluding carboxylic acids is 3. The van der Waals surface area contributed by atoms with Crippen molar-refractivity contribution >= 4 is 29.0 Å². The number of likely N-dealkylation sites (tertiary alicyclic amines) is 1. The highest BCUT2D eigenvalue weighted by Gasteiger charge is 2.66. The van der Waals surface area contributed by atoms with Crippen LogP contribution in [0.15, 0.2) is 54.1 Å². The van der Waals surface area contributed by atoms with E-state index in [1.165, 1.54) is 4.90 Å². The monoisotopic (exact) mass is 505 g/mol. The van der Waals surface area contributed by atoms with E-state index in [1.54, 1.807) is 41.3 Å². The molecule has 1 fully saturated rings. The molecular weight excluding hydrogens is 470 g/mol. The number of hydrogen-bond acceptors (Lipinski definition) is 6. The van der Waals surface area contributed by atoms with E-state index in [2.05, 4.69) is 0 Å². The van der Waals surface area contributed by atoms with Crippen molar-refractivity contribution in [3.8, 4) is 5.75 Å². The number of anilines is 1. The van der Waals surface area contributed by atoms with Crippen LogP contribution in [0.5, 0.6) is 5.75 Å².